The van der Waals surface area contributed by atoms with Crippen molar-refractivity contribution in [2.24, 2.45) is 23.7 Å². The van der Waals surface area contributed by atoms with Crippen molar-refractivity contribution in [1.82, 2.24) is 10.3 Å². The summed E-state index contributed by atoms with van der Waals surface area (Å²) < 4.78 is 2.01. The number of fused-ring (bicyclic) bond motifs is 2. The lowest BCUT2D eigenvalue weighted by molar-refractivity contribution is -0.644. The van der Waals surface area contributed by atoms with Crippen LogP contribution in [0.4, 0.5) is 5.69 Å². The molecule has 3 aromatic rings. The van der Waals surface area contributed by atoms with Crippen LogP contribution in [0.15, 0.2) is 95.4 Å². The Bertz CT molecular complexity index is 1490. The van der Waals surface area contributed by atoms with E-state index in [0.717, 1.165) is 16.6 Å². The number of halogens is 1. The standard InChI is InChI=1S/C27H24N6O2.HI/c1-16-13-21(28)20-15-19(8-10-22(20)29-16)31-27(35)24-7-3-6-23(32-24)26(34)30-18-9-11-25-17(14-18)5-4-12-33(25)2;/h3-15,20,22H,1-2H3,(H3-,28,29,30,31,34,35);1H. The number of nitrogens with zero attached hydrogens (tertiary/aromatic N) is 3. The Kier molecular flexibility index (Phi) is 7.30. The highest BCUT2D eigenvalue weighted by atomic mass is 127. The molecule has 36 heavy (non-hydrogen) atoms. The molecule has 4 N–H and O–H groups in total. The number of rotatable bonds is 4. The average Bonchev–Trinajstić information content (AvgIpc) is 2.84. The molecule has 182 valence electrons. The van der Waals surface area contributed by atoms with Crippen molar-refractivity contribution in [2.75, 3.05) is 5.32 Å². The van der Waals surface area contributed by atoms with Gasteiger partial charge in [-0.25, -0.2) is 9.55 Å². The van der Waals surface area contributed by atoms with Gasteiger partial charge in [-0.1, -0.05) is 12.1 Å². The predicted molar refractivity (Wildman–Crippen MR) is 135 cm³/mol. The number of benzene rings is 1. The molecule has 9 heteroatoms. The van der Waals surface area contributed by atoms with Gasteiger partial charge in [-0.15, -0.1) is 0 Å². The third-order valence-electron chi connectivity index (χ3n) is 6.04. The van der Waals surface area contributed by atoms with E-state index in [1.165, 1.54) is 0 Å². The summed E-state index contributed by atoms with van der Waals surface area (Å²) in [6, 6.07) is 14.3. The molecule has 1 aliphatic carbocycles. The van der Waals surface area contributed by atoms with E-state index in [1.54, 1.807) is 18.2 Å². The monoisotopic (exact) mass is 592 g/mol. The van der Waals surface area contributed by atoms with Gasteiger partial charge in [-0.3, -0.25) is 14.6 Å². The summed E-state index contributed by atoms with van der Waals surface area (Å²) in [5, 5.41) is 6.71. The Morgan fingerprint density at radius 2 is 1.78 bits per heavy atom. The van der Waals surface area contributed by atoms with Gasteiger partial charge in [-0.2, -0.15) is 0 Å². The Labute approximate surface area is 225 Å². The minimum atomic E-state index is -0.412. The van der Waals surface area contributed by atoms with Crippen molar-refractivity contribution >= 4 is 34.1 Å². The van der Waals surface area contributed by atoms with Gasteiger partial charge in [-0.05, 0) is 55.5 Å². The molecule has 0 saturated heterocycles. The van der Waals surface area contributed by atoms with Crippen molar-refractivity contribution in [3.05, 3.63) is 102 Å². The van der Waals surface area contributed by atoms with Gasteiger partial charge < -0.3 is 40.3 Å². The van der Waals surface area contributed by atoms with Crippen LogP contribution >= 0.6 is 0 Å². The van der Waals surface area contributed by atoms with Crippen LogP contribution in [0.3, 0.4) is 0 Å². The fraction of sp³-hybridized carbons (Fsp3) is 0.148. The number of hydrogen-bond donors (Lipinski definition) is 3. The number of aromatic nitrogens is 2. The number of carbonyl (C=O) groups is 2. The summed E-state index contributed by atoms with van der Waals surface area (Å²) in [5.41, 5.74) is 10.4. The van der Waals surface area contributed by atoms with E-state index in [-0.39, 0.29) is 47.3 Å². The summed E-state index contributed by atoms with van der Waals surface area (Å²) in [4.78, 5) is 34.5. The molecule has 0 saturated carbocycles. The van der Waals surface area contributed by atoms with E-state index in [2.05, 4.69) is 20.6 Å². The minimum absolute atomic E-state index is 0. The maximum Gasteiger partial charge on any atom is 0.274 e. The van der Waals surface area contributed by atoms with Crippen LogP contribution in [-0.2, 0) is 7.05 Å². The Morgan fingerprint density at radius 1 is 1.03 bits per heavy atom. The van der Waals surface area contributed by atoms with E-state index in [9.17, 15) is 9.59 Å². The fourth-order valence-corrected chi connectivity index (χ4v) is 4.30. The molecule has 0 bridgehead atoms. The molecule has 2 unspecified atom stereocenters. The molecule has 1 aliphatic heterocycles. The van der Waals surface area contributed by atoms with Gasteiger partial charge in [0.25, 0.3) is 11.8 Å². The van der Waals surface area contributed by atoms with Gasteiger partial charge >= 0.3 is 0 Å². The maximum absolute atomic E-state index is 12.9. The molecule has 0 fully saturated rings. The van der Waals surface area contributed by atoms with Crippen LogP contribution in [0.1, 0.15) is 27.9 Å². The number of nitrogens with one attached hydrogen (secondary N) is 2. The van der Waals surface area contributed by atoms with E-state index < -0.39 is 11.8 Å². The smallest absolute Gasteiger partial charge is 0.274 e. The van der Waals surface area contributed by atoms with E-state index in [1.807, 2.05) is 79.4 Å². The van der Waals surface area contributed by atoms with Crippen LogP contribution in [0.5, 0.6) is 0 Å². The minimum Gasteiger partial charge on any atom is -1.00 e. The molecule has 2 atom stereocenters. The van der Waals surface area contributed by atoms with Crippen LogP contribution < -0.4 is 44.9 Å². The Hall–Kier alpha value is -3.86. The molecule has 5 rings (SSSR count). The third-order valence-corrected chi connectivity index (χ3v) is 6.04. The molecule has 0 radical (unpaired) electrons. The molecular weight excluding hydrogens is 567 g/mol. The van der Waals surface area contributed by atoms with Crippen LogP contribution in [0.2, 0.25) is 0 Å². The molecule has 1 aromatic carbocycles. The van der Waals surface area contributed by atoms with Gasteiger partial charge in [0, 0.05) is 46.2 Å². The van der Waals surface area contributed by atoms with Crippen molar-refractivity contribution in [1.29, 1.82) is 0 Å². The van der Waals surface area contributed by atoms with Gasteiger partial charge in [0.1, 0.15) is 18.4 Å². The number of allylic oxidation sites excluding steroid dienone is 2. The first-order valence-corrected chi connectivity index (χ1v) is 11.3. The lowest BCUT2D eigenvalue weighted by Gasteiger charge is -2.27. The highest BCUT2D eigenvalue weighted by Crippen LogP contribution is 2.27. The quantitative estimate of drug-likeness (QED) is 0.288. The zero-order chi connectivity index (χ0) is 24.5. The lowest BCUT2D eigenvalue weighted by Crippen LogP contribution is -3.00. The Balaban J connectivity index is 0.00000304. The summed E-state index contributed by atoms with van der Waals surface area (Å²) in [6.45, 7) is 1.91. The second-order valence-corrected chi connectivity index (χ2v) is 8.62. The summed E-state index contributed by atoms with van der Waals surface area (Å²) in [5.74, 6) is -0.911. The Morgan fingerprint density at radius 3 is 2.56 bits per heavy atom. The van der Waals surface area contributed by atoms with Gasteiger partial charge in [0.15, 0.2) is 6.20 Å². The van der Waals surface area contributed by atoms with Gasteiger partial charge in [0.05, 0.1) is 6.04 Å². The maximum atomic E-state index is 12.9. The molecule has 2 aromatic heterocycles. The first-order valence-electron chi connectivity index (χ1n) is 11.3. The van der Waals surface area contributed by atoms with Crippen molar-refractivity contribution in [3.8, 4) is 0 Å². The van der Waals surface area contributed by atoms with Crippen LogP contribution in [0.25, 0.3) is 10.9 Å². The molecule has 3 heterocycles. The first kappa shape index (κ1) is 25.2. The average molecular weight is 592 g/mol. The largest absolute Gasteiger partial charge is 1.00 e. The van der Waals surface area contributed by atoms with Crippen molar-refractivity contribution < 1.29 is 38.1 Å². The lowest BCUT2D eigenvalue weighted by atomic mass is 9.88. The van der Waals surface area contributed by atoms with Crippen LogP contribution in [-0.4, -0.2) is 28.6 Å². The summed E-state index contributed by atoms with van der Waals surface area (Å²) >= 11 is 0. The number of dihydropyridines is 1. The first-order chi connectivity index (χ1) is 16.9. The summed E-state index contributed by atoms with van der Waals surface area (Å²) in [6.07, 6.45) is 9.43. The number of anilines is 1. The van der Waals surface area contributed by atoms with Gasteiger partial charge in [0.2, 0.25) is 5.52 Å². The molecule has 8 nitrogen and oxygen atoms in total. The van der Waals surface area contributed by atoms with Crippen molar-refractivity contribution in [3.63, 3.8) is 0 Å². The molecule has 2 amide bonds. The number of amides is 2. The zero-order valence-corrected chi connectivity index (χ0v) is 21.9. The number of carbonyl (C=O) groups excluding carboxylic acids is 2. The highest BCUT2D eigenvalue weighted by molar-refractivity contribution is 6.04. The second-order valence-electron chi connectivity index (χ2n) is 8.62. The topological polar surface area (TPSA) is 113 Å². The third kappa shape index (κ3) is 5.20. The summed E-state index contributed by atoms with van der Waals surface area (Å²) in [7, 11) is 1.97. The molecule has 0 spiro atoms. The van der Waals surface area contributed by atoms with E-state index >= 15 is 0 Å². The fourth-order valence-electron chi connectivity index (χ4n) is 4.30. The predicted octanol–water partition coefficient (Wildman–Crippen LogP) is -0.199. The van der Waals surface area contributed by atoms with Crippen LogP contribution in [0, 0.1) is 5.92 Å². The number of aliphatic imine (C=N–C) groups is 1. The zero-order valence-electron chi connectivity index (χ0n) is 19.8. The van der Waals surface area contributed by atoms with Crippen molar-refractivity contribution in [2.45, 2.75) is 13.0 Å². The normalized spacial score (nSPS) is 18.2. The second kappa shape index (κ2) is 10.4. The number of hydrogen-bond acceptors (Lipinski definition) is 5. The molecule has 2 aliphatic rings. The highest BCUT2D eigenvalue weighted by Gasteiger charge is 2.26. The van der Waals surface area contributed by atoms with E-state index in [0.29, 0.717) is 17.1 Å². The SMILES string of the molecule is CC1=NC2C=CC(NC(=O)c3cccc(C(=O)Nc4ccc5c(ccc[n+]5C)c4)n3)=CC2C(N)=C1.[I-]. The molecular formula is C27H25IN6O2. The van der Waals surface area contributed by atoms with E-state index in [4.69, 9.17) is 5.73 Å². The number of nitrogens with two attached hydrogens (primary N) is 1. The number of aryl methyl sites for hydroxylation is 1. The number of pyridine rings is 2.